The minimum absolute atomic E-state index is 0.00465. The highest BCUT2D eigenvalue weighted by atomic mass is 32.2. The Labute approximate surface area is 317 Å². The Bertz CT molecular complexity index is 1970. The monoisotopic (exact) mass is 818 g/mol. The van der Waals surface area contributed by atoms with Gasteiger partial charge >= 0.3 is 18.3 Å². The van der Waals surface area contributed by atoms with Crippen LogP contribution in [0.25, 0.3) is 0 Å². The predicted octanol–water partition coefficient (Wildman–Crippen LogP) is 6.95. The normalized spacial score (nSPS) is 20.0. The molecule has 2 atom stereocenters. The van der Waals surface area contributed by atoms with Crippen LogP contribution in [0.4, 0.5) is 26.3 Å². The Morgan fingerprint density at radius 1 is 1.04 bits per heavy atom. The minimum Gasteiger partial charge on any atom is -0.481 e. The van der Waals surface area contributed by atoms with Crippen molar-refractivity contribution in [3.63, 3.8) is 0 Å². The van der Waals surface area contributed by atoms with Crippen LogP contribution in [0.15, 0.2) is 58.9 Å². The topological polar surface area (TPSA) is 146 Å². The van der Waals surface area contributed by atoms with Crippen LogP contribution in [0.2, 0.25) is 0 Å². The Hall–Kier alpha value is -4.23. The molecular weight excluding hydrogens is 779 g/mol. The number of nitrogens with one attached hydrogen (secondary N) is 1. The fourth-order valence-electron chi connectivity index (χ4n) is 7.32. The van der Waals surface area contributed by atoms with E-state index in [2.05, 4.69) is 9.71 Å². The molecular formula is C36H40F6N4O7S2. The first-order valence-electron chi connectivity index (χ1n) is 17.7. The number of hydrogen-bond donors (Lipinski definition) is 2. The number of carbonyl (C=O) groups excluding carboxylic acids is 2. The van der Waals surface area contributed by atoms with Crippen molar-refractivity contribution >= 4 is 39.1 Å². The molecule has 2 fully saturated rings. The third kappa shape index (κ3) is 9.43. The molecule has 2 aromatic heterocycles. The van der Waals surface area contributed by atoms with Crippen LogP contribution in [-0.2, 0) is 32.0 Å². The lowest BCUT2D eigenvalue weighted by Crippen LogP contribution is -2.68. The van der Waals surface area contributed by atoms with Gasteiger partial charge in [0.05, 0.1) is 16.5 Å². The Kier molecular flexibility index (Phi) is 12.9. The number of aromatic nitrogens is 1. The number of rotatable bonds is 13. The van der Waals surface area contributed by atoms with Crippen LogP contribution in [0.3, 0.4) is 0 Å². The molecule has 2 aliphatic heterocycles. The van der Waals surface area contributed by atoms with E-state index < -0.39 is 67.9 Å². The SMILES string of the molecule is CCC[C@H]1N(C(=O)c2ncccc2C(F)(F)F)CCC[C@@]1(Oc1csc(C(F)(F)F)c1)C(=O)N1CCC(c2ccccc2S(=O)(=O)NCCCC(=O)O)CC1. The van der Waals surface area contributed by atoms with Crippen molar-refractivity contribution in [1.29, 1.82) is 0 Å². The maximum Gasteiger partial charge on any atom is 0.425 e. The molecule has 4 heterocycles. The molecule has 2 saturated heterocycles. The zero-order valence-electron chi connectivity index (χ0n) is 29.7. The van der Waals surface area contributed by atoms with Gasteiger partial charge in [-0.1, -0.05) is 31.5 Å². The average Bonchev–Trinajstić information content (AvgIpc) is 3.62. The quantitative estimate of drug-likeness (QED) is 0.139. The van der Waals surface area contributed by atoms with Crippen LogP contribution in [0.5, 0.6) is 5.75 Å². The maximum atomic E-state index is 14.9. The smallest absolute Gasteiger partial charge is 0.425 e. The summed E-state index contributed by atoms with van der Waals surface area (Å²) < 4.78 is 118. The molecule has 1 aromatic carbocycles. The lowest BCUT2D eigenvalue weighted by molar-refractivity contribution is -0.160. The number of nitrogens with zero attached hydrogens (tertiary/aromatic N) is 3. The van der Waals surface area contributed by atoms with E-state index in [0.29, 0.717) is 23.3 Å². The van der Waals surface area contributed by atoms with Gasteiger partial charge in [0.15, 0.2) is 0 Å². The highest BCUT2D eigenvalue weighted by molar-refractivity contribution is 7.89. The zero-order valence-corrected chi connectivity index (χ0v) is 31.3. The minimum atomic E-state index is -4.93. The summed E-state index contributed by atoms with van der Waals surface area (Å²) in [7, 11) is -4.04. The number of sulfonamides is 1. The summed E-state index contributed by atoms with van der Waals surface area (Å²) in [6, 6.07) is 7.63. The number of likely N-dealkylation sites (tertiary alicyclic amines) is 2. The number of carbonyl (C=O) groups is 3. The van der Waals surface area contributed by atoms with Crippen LogP contribution in [-0.4, -0.2) is 83.9 Å². The lowest BCUT2D eigenvalue weighted by Gasteiger charge is -2.50. The molecule has 3 aromatic rings. The largest absolute Gasteiger partial charge is 0.481 e. The number of thiophene rings is 1. The van der Waals surface area contributed by atoms with Gasteiger partial charge < -0.3 is 19.6 Å². The third-order valence-electron chi connectivity index (χ3n) is 9.81. The zero-order chi connectivity index (χ0) is 40.2. The van der Waals surface area contributed by atoms with Crippen LogP contribution >= 0.6 is 11.3 Å². The number of pyridine rings is 1. The highest BCUT2D eigenvalue weighted by Gasteiger charge is 2.56. The number of benzene rings is 1. The molecule has 2 amide bonds. The summed E-state index contributed by atoms with van der Waals surface area (Å²) in [4.78, 5) is 45.1. The third-order valence-corrected chi connectivity index (χ3v) is 12.3. The number of piperidine rings is 2. The number of alkyl halides is 6. The van der Waals surface area contributed by atoms with Gasteiger partial charge in [0.2, 0.25) is 15.6 Å². The van der Waals surface area contributed by atoms with Gasteiger partial charge in [-0.05, 0) is 61.8 Å². The first-order chi connectivity index (χ1) is 25.9. The average molecular weight is 819 g/mol. The molecule has 19 heteroatoms. The molecule has 2 aliphatic rings. The molecule has 55 heavy (non-hydrogen) atoms. The number of carboxylic acid groups (broad SMARTS) is 1. The van der Waals surface area contributed by atoms with Gasteiger partial charge in [-0.15, -0.1) is 11.3 Å². The van der Waals surface area contributed by atoms with E-state index in [4.69, 9.17) is 9.84 Å². The summed E-state index contributed by atoms with van der Waals surface area (Å²) in [5.41, 5.74) is -3.65. The molecule has 0 aliphatic carbocycles. The standard InChI is InChI=1S/C36H40F6N4O7S2/c1-2-8-28-34(53-24-21-29(54-22-24)36(40,41)42,15-7-18-46(28)32(49)31-26(35(37,38)39)10-5-16-43-31)33(50)45-19-13-23(14-20-45)25-9-3-4-11-27(25)55(51,52)44-17-6-12-30(47)48/h3-5,9-11,16,21-23,28,44H,2,6-8,12-15,17-20H2,1H3,(H,47,48)/t28-,34+/m1/s1. The van der Waals surface area contributed by atoms with E-state index in [-0.39, 0.29) is 87.7 Å². The van der Waals surface area contributed by atoms with E-state index in [1.54, 1.807) is 25.1 Å². The van der Waals surface area contributed by atoms with Crippen LogP contribution < -0.4 is 9.46 Å². The molecule has 2 N–H and O–H groups in total. The van der Waals surface area contributed by atoms with E-state index in [0.717, 1.165) is 34.7 Å². The number of hydrogen-bond acceptors (Lipinski definition) is 8. The second-order valence-electron chi connectivity index (χ2n) is 13.4. The number of ether oxygens (including phenoxy) is 1. The maximum absolute atomic E-state index is 14.9. The van der Waals surface area contributed by atoms with E-state index in [1.807, 2.05) is 0 Å². The molecule has 0 saturated carbocycles. The van der Waals surface area contributed by atoms with Gasteiger partial charge in [-0.3, -0.25) is 19.4 Å². The van der Waals surface area contributed by atoms with Crippen molar-refractivity contribution in [3.05, 3.63) is 75.7 Å². The number of amides is 2. The second kappa shape index (κ2) is 16.9. The van der Waals surface area contributed by atoms with Gasteiger partial charge in [0.1, 0.15) is 16.3 Å². The van der Waals surface area contributed by atoms with Crippen molar-refractivity contribution in [2.45, 2.75) is 93.1 Å². The predicted molar refractivity (Wildman–Crippen MR) is 188 cm³/mol. The summed E-state index contributed by atoms with van der Waals surface area (Å²) >= 11 is 0.352. The molecule has 5 rings (SSSR count). The summed E-state index contributed by atoms with van der Waals surface area (Å²) in [6.07, 6.45) is -7.79. The van der Waals surface area contributed by atoms with E-state index in [1.165, 1.54) is 11.0 Å². The van der Waals surface area contributed by atoms with Gasteiger partial charge in [-0.25, -0.2) is 13.1 Å². The summed E-state index contributed by atoms with van der Waals surface area (Å²) in [6.45, 7) is 1.71. The van der Waals surface area contributed by atoms with Gasteiger partial charge in [-0.2, -0.15) is 26.3 Å². The Morgan fingerprint density at radius 2 is 1.75 bits per heavy atom. The number of aliphatic carboxylic acids is 1. The molecule has 11 nitrogen and oxygen atoms in total. The second-order valence-corrected chi connectivity index (χ2v) is 16.1. The number of carboxylic acids is 1. The first-order valence-corrected chi connectivity index (χ1v) is 20.0. The van der Waals surface area contributed by atoms with Gasteiger partial charge in [0.25, 0.3) is 11.8 Å². The fraction of sp³-hybridized carbons (Fsp3) is 0.500. The van der Waals surface area contributed by atoms with Gasteiger partial charge in [0, 0.05) is 56.7 Å². The van der Waals surface area contributed by atoms with Crippen LogP contribution in [0.1, 0.15) is 90.7 Å². The van der Waals surface area contributed by atoms with Crippen molar-refractivity contribution in [3.8, 4) is 5.75 Å². The lowest BCUT2D eigenvalue weighted by atomic mass is 9.79. The molecule has 0 bridgehead atoms. The molecule has 300 valence electrons. The van der Waals surface area contributed by atoms with Crippen molar-refractivity contribution in [2.24, 2.45) is 0 Å². The Balaban J connectivity index is 1.46. The van der Waals surface area contributed by atoms with Crippen molar-refractivity contribution in [1.82, 2.24) is 19.5 Å². The highest BCUT2D eigenvalue weighted by Crippen LogP contribution is 2.43. The van der Waals surface area contributed by atoms with E-state index in [9.17, 15) is 49.1 Å². The molecule has 0 unspecified atom stereocenters. The fourth-order valence-corrected chi connectivity index (χ4v) is 9.37. The number of halogens is 6. The molecule has 0 radical (unpaired) electrons. The summed E-state index contributed by atoms with van der Waals surface area (Å²) in [5, 5.41) is 9.99. The Morgan fingerprint density at radius 3 is 2.38 bits per heavy atom. The van der Waals surface area contributed by atoms with Crippen LogP contribution in [0, 0.1) is 0 Å². The summed E-state index contributed by atoms with van der Waals surface area (Å²) in [5.74, 6) is -3.44. The first kappa shape index (κ1) is 41.9. The molecule has 0 spiro atoms. The van der Waals surface area contributed by atoms with Crippen molar-refractivity contribution < 1.29 is 59.0 Å². The van der Waals surface area contributed by atoms with E-state index >= 15 is 0 Å². The van der Waals surface area contributed by atoms with Crippen molar-refractivity contribution in [2.75, 3.05) is 26.2 Å².